The molecule has 0 saturated heterocycles. The lowest BCUT2D eigenvalue weighted by Crippen LogP contribution is -2.41. The lowest BCUT2D eigenvalue weighted by Gasteiger charge is -2.30. The van der Waals surface area contributed by atoms with E-state index < -0.39 is 0 Å². The van der Waals surface area contributed by atoms with Gasteiger partial charge in [0.05, 0.1) is 6.54 Å². The largest absolute Gasteiger partial charge is 0.396 e. The SMILES string of the molecule is CCC(C)NC(=O)CNCC1CCCCC1CO. The van der Waals surface area contributed by atoms with Crippen LogP contribution in [0.1, 0.15) is 46.0 Å². The van der Waals surface area contributed by atoms with Gasteiger partial charge in [0.2, 0.25) is 5.91 Å². The van der Waals surface area contributed by atoms with E-state index in [0.29, 0.717) is 18.4 Å². The van der Waals surface area contributed by atoms with Crippen molar-refractivity contribution in [2.45, 2.75) is 52.0 Å². The maximum absolute atomic E-state index is 11.6. The third-order valence-electron chi connectivity index (χ3n) is 4.01. The molecule has 1 aliphatic rings. The second-order valence-electron chi connectivity index (χ2n) is 5.49. The summed E-state index contributed by atoms with van der Waals surface area (Å²) in [4.78, 5) is 11.6. The number of carbonyl (C=O) groups excluding carboxylic acids is 1. The second-order valence-corrected chi connectivity index (χ2v) is 5.49. The molecule has 0 heterocycles. The summed E-state index contributed by atoms with van der Waals surface area (Å²) in [6, 6.07) is 0.249. The second kappa shape index (κ2) is 8.48. The number of nitrogens with one attached hydrogen (secondary N) is 2. The molecule has 1 saturated carbocycles. The van der Waals surface area contributed by atoms with Gasteiger partial charge in [-0.1, -0.05) is 19.8 Å². The molecule has 0 spiro atoms. The summed E-state index contributed by atoms with van der Waals surface area (Å²) in [5.41, 5.74) is 0. The Labute approximate surface area is 111 Å². The fourth-order valence-corrected chi connectivity index (χ4v) is 2.59. The topological polar surface area (TPSA) is 61.4 Å². The third kappa shape index (κ3) is 5.36. The molecule has 0 aromatic heterocycles. The average Bonchev–Trinajstić information content (AvgIpc) is 2.39. The summed E-state index contributed by atoms with van der Waals surface area (Å²) in [5.74, 6) is 1.02. The Morgan fingerprint density at radius 1 is 1.33 bits per heavy atom. The number of aliphatic hydroxyl groups is 1. The summed E-state index contributed by atoms with van der Waals surface area (Å²) in [6.45, 7) is 5.59. The van der Waals surface area contributed by atoms with E-state index in [1.54, 1.807) is 0 Å². The van der Waals surface area contributed by atoms with Crippen LogP contribution in [0.3, 0.4) is 0 Å². The predicted molar refractivity (Wildman–Crippen MR) is 73.3 cm³/mol. The average molecular weight is 256 g/mol. The van der Waals surface area contributed by atoms with Crippen LogP contribution in [0.25, 0.3) is 0 Å². The number of hydrogen-bond acceptors (Lipinski definition) is 3. The molecule has 18 heavy (non-hydrogen) atoms. The molecular weight excluding hydrogens is 228 g/mol. The van der Waals surface area contributed by atoms with E-state index in [1.807, 2.05) is 6.92 Å². The minimum atomic E-state index is 0.0701. The fourth-order valence-electron chi connectivity index (χ4n) is 2.59. The normalized spacial score (nSPS) is 25.7. The number of hydrogen-bond donors (Lipinski definition) is 3. The predicted octanol–water partition coefficient (Wildman–Crippen LogP) is 1.29. The quantitative estimate of drug-likeness (QED) is 0.643. The van der Waals surface area contributed by atoms with Crippen LogP contribution in [-0.4, -0.2) is 36.8 Å². The summed E-state index contributed by atoms with van der Waals surface area (Å²) in [7, 11) is 0. The van der Waals surface area contributed by atoms with E-state index in [1.165, 1.54) is 19.3 Å². The molecule has 3 atom stereocenters. The molecule has 4 nitrogen and oxygen atoms in total. The van der Waals surface area contributed by atoms with Crippen molar-refractivity contribution in [3.63, 3.8) is 0 Å². The van der Waals surface area contributed by atoms with Crippen LogP contribution in [0.15, 0.2) is 0 Å². The van der Waals surface area contributed by atoms with Crippen LogP contribution in [0.4, 0.5) is 0 Å². The minimum Gasteiger partial charge on any atom is -0.396 e. The minimum absolute atomic E-state index is 0.0701. The molecule has 3 unspecified atom stereocenters. The molecule has 0 aliphatic heterocycles. The Morgan fingerprint density at radius 2 is 2.00 bits per heavy atom. The molecule has 1 amide bonds. The van der Waals surface area contributed by atoms with Gasteiger partial charge in [0, 0.05) is 12.6 Å². The Hall–Kier alpha value is -0.610. The van der Waals surface area contributed by atoms with Gasteiger partial charge in [0.1, 0.15) is 0 Å². The molecule has 4 heteroatoms. The molecule has 106 valence electrons. The molecule has 0 bridgehead atoms. The molecule has 1 aliphatic carbocycles. The summed E-state index contributed by atoms with van der Waals surface area (Å²) in [6.07, 6.45) is 5.74. The monoisotopic (exact) mass is 256 g/mol. The zero-order valence-electron chi connectivity index (χ0n) is 11.7. The first-order valence-electron chi connectivity index (χ1n) is 7.28. The highest BCUT2D eigenvalue weighted by Gasteiger charge is 2.24. The molecule has 0 aromatic carbocycles. The van der Waals surface area contributed by atoms with Crippen molar-refractivity contribution in [1.29, 1.82) is 0 Å². The van der Waals surface area contributed by atoms with E-state index in [0.717, 1.165) is 19.4 Å². The number of aliphatic hydroxyl groups excluding tert-OH is 1. The van der Waals surface area contributed by atoms with Crippen LogP contribution in [-0.2, 0) is 4.79 Å². The van der Waals surface area contributed by atoms with Gasteiger partial charge in [0.25, 0.3) is 0 Å². The standard InChI is InChI=1S/C14H28N2O2/c1-3-11(2)16-14(18)9-15-8-12-6-4-5-7-13(12)10-17/h11-13,15,17H,3-10H2,1-2H3,(H,16,18). The number of amides is 1. The van der Waals surface area contributed by atoms with Crippen molar-refractivity contribution in [3.05, 3.63) is 0 Å². The first-order valence-corrected chi connectivity index (χ1v) is 7.28. The van der Waals surface area contributed by atoms with Gasteiger partial charge in [-0.3, -0.25) is 4.79 Å². The van der Waals surface area contributed by atoms with Gasteiger partial charge < -0.3 is 15.7 Å². The highest BCUT2D eigenvalue weighted by Crippen LogP contribution is 2.28. The van der Waals surface area contributed by atoms with Crippen LogP contribution < -0.4 is 10.6 Å². The summed E-state index contributed by atoms with van der Waals surface area (Å²) < 4.78 is 0. The number of carbonyl (C=O) groups is 1. The number of rotatable bonds is 7. The van der Waals surface area contributed by atoms with Gasteiger partial charge in [-0.2, -0.15) is 0 Å². The first kappa shape index (κ1) is 15.4. The maximum atomic E-state index is 11.6. The fraction of sp³-hybridized carbons (Fsp3) is 0.929. The van der Waals surface area contributed by atoms with Gasteiger partial charge in [-0.15, -0.1) is 0 Å². The highest BCUT2D eigenvalue weighted by atomic mass is 16.3. The molecule has 0 radical (unpaired) electrons. The zero-order chi connectivity index (χ0) is 13.4. The van der Waals surface area contributed by atoms with Crippen molar-refractivity contribution >= 4 is 5.91 Å². The van der Waals surface area contributed by atoms with Crippen molar-refractivity contribution in [2.24, 2.45) is 11.8 Å². The van der Waals surface area contributed by atoms with Crippen molar-refractivity contribution in [1.82, 2.24) is 10.6 Å². The Kier molecular flexibility index (Phi) is 7.28. The van der Waals surface area contributed by atoms with Crippen LogP contribution in [0.2, 0.25) is 0 Å². The molecular formula is C14H28N2O2. The lowest BCUT2D eigenvalue weighted by molar-refractivity contribution is -0.120. The summed E-state index contributed by atoms with van der Waals surface area (Å²) >= 11 is 0. The molecule has 1 rings (SSSR count). The molecule has 0 aromatic rings. The van der Waals surface area contributed by atoms with Gasteiger partial charge in [-0.05, 0) is 44.6 Å². The van der Waals surface area contributed by atoms with E-state index in [2.05, 4.69) is 17.6 Å². The Balaban J connectivity index is 2.17. The van der Waals surface area contributed by atoms with Crippen LogP contribution in [0.5, 0.6) is 0 Å². The van der Waals surface area contributed by atoms with Gasteiger partial charge >= 0.3 is 0 Å². The zero-order valence-corrected chi connectivity index (χ0v) is 11.7. The third-order valence-corrected chi connectivity index (χ3v) is 4.01. The van der Waals surface area contributed by atoms with Gasteiger partial charge in [0.15, 0.2) is 0 Å². The smallest absolute Gasteiger partial charge is 0.234 e. The summed E-state index contributed by atoms with van der Waals surface area (Å²) in [5, 5.41) is 15.5. The van der Waals surface area contributed by atoms with Gasteiger partial charge in [-0.25, -0.2) is 0 Å². The van der Waals surface area contributed by atoms with Crippen molar-refractivity contribution < 1.29 is 9.90 Å². The van der Waals surface area contributed by atoms with E-state index in [-0.39, 0.29) is 18.6 Å². The molecule has 3 N–H and O–H groups in total. The molecule has 1 fully saturated rings. The Bertz CT molecular complexity index is 246. The lowest BCUT2D eigenvalue weighted by atomic mass is 9.79. The maximum Gasteiger partial charge on any atom is 0.234 e. The van der Waals surface area contributed by atoms with E-state index in [4.69, 9.17) is 0 Å². The van der Waals surface area contributed by atoms with Crippen molar-refractivity contribution in [2.75, 3.05) is 19.7 Å². The van der Waals surface area contributed by atoms with Crippen LogP contribution >= 0.6 is 0 Å². The first-order chi connectivity index (χ1) is 8.67. The van der Waals surface area contributed by atoms with E-state index in [9.17, 15) is 9.90 Å². The van der Waals surface area contributed by atoms with Crippen LogP contribution in [0, 0.1) is 11.8 Å². The highest BCUT2D eigenvalue weighted by molar-refractivity contribution is 5.78. The van der Waals surface area contributed by atoms with Crippen molar-refractivity contribution in [3.8, 4) is 0 Å². The Morgan fingerprint density at radius 3 is 2.61 bits per heavy atom. The van der Waals surface area contributed by atoms with E-state index >= 15 is 0 Å².